The molecule has 0 aliphatic carbocycles. The third-order valence-corrected chi connectivity index (χ3v) is 5.39. The zero-order chi connectivity index (χ0) is 18.7. The minimum atomic E-state index is -0.689. The van der Waals surface area contributed by atoms with Crippen LogP contribution >= 0.6 is 11.6 Å². The number of rotatable bonds is 7. The molecule has 0 amide bonds. The SMILES string of the molecule is CCN(Cc1cccc(CN2CC(C(=O)O)C2)c1)c1ccc(C)c(Cl)c1. The summed E-state index contributed by atoms with van der Waals surface area (Å²) in [5.74, 6) is -0.898. The molecular formula is C21H25ClN2O2. The Morgan fingerprint density at radius 1 is 1.23 bits per heavy atom. The smallest absolute Gasteiger partial charge is 0.309 e. The predicted molar refractivity (Wildman–Crippen MR) is 106 cm³/mol. The van der Waals surface area contributed by atoms with Crippen LogP contribution < -0.4 is 4.90 Å². The minimum absolute atomic E-state index is 0.208. The van der Waals surface area contributed by atoms with E-state index < -0.39 is 5.97 Å². The fourth-order valence-electron chi connectivity index (χ4n) is 3.32. The van der Waals surface area contributed by atoms with Gasteiger partial charge in [-0.1, -0.05) is 41.9 Å². The monoisotopic (exact) mass is 372 g/mol. The van der Waals surface area contributed by atoms with Crippen molar-refractivity contribution >= 4 is 23.3 Å². The molecule has 0 saturated carbocycles. The second-order valence-corrected chi connectivity index (χ2v) is 7.40. The molecule has 1 heterocycles. The van der Waals surface area contributed by atoms with Crippen LogP contribution in [0, 0.1) is 12.8 Å². The number of halogens is 1. The first-order valence-corrected chi connectivity index (χ1v) is 9.38. The van der Waals surface area contributed by atoms with Crippen molar-refractivity contribution in [2.75, 3.05) is 24.5 Å². The molecule has 138 valence electrons. The van der Waals surface area contributed by atoms with Gasteiger partial charge in [0.15, 0.2) is 0 Å². The Kier molecular flexibility index (Phi) is 5.84. The van der Waals surface area contributed by atoms with Gasteiger partial charge in [0, 0.05) is 43.4 Å². The Morgan fingerprint density at radius 3 is 2.62 bits per heavy atom. The summed E-state index contributed by atoms with van der Waals surface area (Å²) >= 11 is 6.28. The topological polar surface area (TPSA) is 43.8 Å². The quantitative estimate of drug-likeness (QED) is 0.791. The lowest BCUT2D eigenvalue weighted by Crippen LogP contribution is -2.49. The van der Waals surface area contributed by atoms with E-state index >= 15 is 0 Å². The molecule has 2 aromatic rings. The first-order valence-electron chi connectivity index (χ1n) is 9.00. The van der Waals surface area contributed by atoms with Crippen LogP contribution in [0.15, 0.2) is 42.5 Å². The van der Waals surface area contributed by atoms with Crippen molar-refractivity contribution in [3.8, 4) is 0 Å². The number of likely N-dealkylation sites (tertiary alicyclic amines) is 1. The lowest BCUT2D eigenvalue weighted by atomic mass is 9.99. The molecule has 1 saturated heterocycles. The van der Waals surface area contributed by atoms with Crippen LogP contribution in [0.4, 0.5) is 5.69 Å². The number of carboxylic acid groups (broad SMARTS) is 1. The average Bonchev–Trinajstić information content (AvgIpc) is 2.58. The van der Waals surface area contributed by atoms with Crippen LogP contribution in [0.1, 0.15) is 23.6 Å². The molecule has 0 aromatic heterocycles. The number of carboxylic acids is 1. The summed E-state index contributed by atoms with van der Waals surface area (Å²) in [5, 5.41) is 9.78. The molecule has 5 heteroatoms. The van der Waals surface area contributed by atoms with Gasteiger partial charge in [0.2, 0.25) is 0 Å². The van der Waals surface area contributed by atoms with Crippen molar-refractivity contribution < 1.29 is 9.90 Å². The highest BCUT2D eigenvalue weighted by Crippen LogP contribution is 2.25. The molecule has 4 nitrogen and oxygen atoms in total. The number of aliphatic carboxylic acids is 1. The summed E-state index contributed by atoms with van der Waals surface area (Å²) in [6.07, 6.45) is 0. The molecule has 2 aromatic carbocycles. The Balaban J connectivity index is 1.65. The van der Waals surface area contributed by atoms with E-state index in [2.05, 4.69) is 53.1 Å². The van der Waals surface area contributed by atoms with Crippen LogP contribution in [0.5, 0.6) is 0 Å². The molecule has 1 fully saturated rings. The number of anilines is 1. The van der Waals surface area contributed by atoms with Crippen molar-refractivity contribution in [3.63, 3.8) is 0 Å². The second-order valence-electron chi connectivity index (χ2n) is 7.00. The van der Waals surface area contributed by atoms with Gasteiger partial charge in [0.25, 0.3) is 0 Å². The van der Waals surface area contributed by atoms with Gasteiger partial charge in [-0.25, -0.2) is 0 Å². The average molecular weight is 373 g/mol. The third-order valence-electron chi connectivity index (χ3n) is 4.98. The molecule has 0 atom stereocenters. The highest BCUT2D eigenvalue weighted by molar-refractivity contribution is 6.31. The number of hydrogen-bond acceptors (Lipinski definition) is 3. The zero-order valence-corrected chi connectivity index (χ0v) is 16.0. The number of aryl methyl sites for hydroxylation is 1. The van der Waals surface area contributed by atoms with E-state index in [1.165, 1.54) is 11.1 Å². The van der Waals surface area contributed by atoms with Gasteiger partial charge in [-0.3, -0.25) is 9.69 Å². The second kappa shape index (κ2) is 8.11. The Bertz CT molecular complexity index is 787. The number of hydrogen-bond donors (Lipinski definition) is 1. The maximum atomic E-state index is 10.9. The van der Waals surface area contributed by atoms with Gasteiger partial charge in [-0.15, -0.1) is 0 Å². The van der Waals surface area contributed by atoms with Crippen LogP contribution in [0.25, 0.3) is 0 Å². The van der Waals surface area contributed by atoms with Gasteiger partial charge in [0.05, 0.1) is 5.92 Å². The van der Waals surface area contributed by atoms with Gasteiger partial charge in [-0.2, -0.15) is 0 Å². The minimum Gasteiger partial charge on any atom is -0.481 e. The fourth-order valence-corrected chi connectivity index (χ4v) is 3.50. The maximum Gasteiger partial charge on any atom is 0.309 e. The number of benzene rings is 2. The van der Waals surface area contributed by atoms with Gasteiger partial charge < -0.3 is 10.0 Å². The lowest BCUT2D eigenvalue weighted by molar-refractivity contribution is -0.147. The molecule has 0 bridgehead atoms. The molecule has 1 N–H and O–H groups in total. The van der Waals surface area contributed by atoms with Crippen molar-refractivity contribution in [2.45, 2.75) is 26.9 Å². The summed E-state index contributed by atoms with van der Waals surface area (Å²) in [5.41, 5.74) is 4.68. The highest BCUT2D eigenvalue weighted by Gasteiger charge is 2.32. The van der Waals surface area contributed by atoms with Crippen molar-refractivity contribution in [3.05, 3.63) is 64.2 Å². The largest absolute Gasteiger partial charge is 0.481 e. The standard InChI is InChI=1S/C21H25ClN2O2/c1-3-24(19-8-7-15(2)20(22)10-19)12-17-6-4-5-16(9-17)11-23-13-18(14-23)21(25)26/h4-10,18H,3,11-14H2,1-2H3,(H,25,26). The van der Waals surface area contributed by atoms with E-state index in [-0.39, 0.29) is 5.92 Å². The molecule has 1 aliphatic rings. The molecule has 1 aliphatic heterocycles. The third kappa shape index (κ3) is 4.37. The normalized spacial score (nSPS) is 14.9. The summed E-state index contributed by atoms with van der Waals surface area (Å²) < 4.78 is 0. The summed E-state index contributed by atoms with van der Waals surface area (Å²) in [6, 6.07) is 14.7. The van der Waals surface area contributed by atoms with E-state index in [9.17, 15) is 4.79 Å². The predicted octanol–water partition coefficient (Wildman–Crippen LogP) is 4.19. The number of carbonyl (C=O) groups is 1. The molecule has 0 radical (unpaired) electrons. The van der Waals surface area contributed by atoms with Crippen LogP contribution in [0.3, 0.4) is 0 Å². The molecular weight excluding hydrogens is 348 g/mol. The fraction of sp³-hybridized carbons (Fsp3) is 0.381. The Morgan fingerprint density at radius 2 is 1.96 bits per heavy atom. The molecule has 26 heavy (non-hydrogen) atoms. The van der Waals surface area contributed by atoms with Crippen LogP contribution in [-0.2, 0) is 17.9 Å². The van der Waals surface area contributed by atoms with E-state index in [1.807, 2.05) is 13.0 Å². The van der Waals surface area contributed by atoms with Gasteiger partial charge in [-0.05, 0) is 42.7 Å². The van der Waals surface area contributed by atoms with Crippen molar-refractivity contribution in [1.29, 1.82) is 0 Å². The van der Waals surface area contributed by atoms with E-state index in [0.29, 0.717) is 13.1 Å². The maximum absolute atomic E-state index is 10.9. The highest BCUT2D eigenvalue weighted by atomic mass is 35.5. The van der Waals surface area contributed by atoms with Crippen molar-refractivity contribution in [2.24, 2.45) is 5.92 Å². The summed E-state index contributed by atoms with van der Waals surface area (Å²) in [6.45, 7) is 7.96. The van der Waals surface area contributed by atoms with Crippen LogP contribution in [0.2, 0.25) is 5.02 Å². The lowest BCUT2D eigenvalue weighted by Gasteiger charge is -2.36. The first-order chi connectivity index (χ1) is 12.5. The zero-order valence-electron chi connectivity index (χ0n) is 15.3. The number of nitrogens with zero attached hydrogens (tertiary/aromatic N) is 2. The Labute approximate surface area is 160 Å². The van der Waals surface area contributed by atoms with E-state index in [4.69, 9.17) is 16.7 Å². The molecule has 0 unspecified atom stereocenters. The van der Waals surface area contributed by atoms with E-state index in [0.717, 1.165) is 35.9 Å². The van der Waals surface area contributed by atoms with Gasteiger partial charge in [0.1, 0.15) is 0 Å². The van der Waals surface area contributed by atoms with E-state index in [1.54, 1.807) is 0 Å². The molecule has 0 spiro atoms. The van der Waals surface area contributed by atoms with Crippen LogP contribution in [-0.4, -0.2) is 35.6 Å². The molecule has 3 rings (SSSR count). The summed E-state index contributed by atoms with van der Waals surface area (Å²) in [7, 11) is 0. The Hall–Kier alpha value is -2.04. The summed E-state index contributed by atoms with van der Waals surface area (Å²) in [4.78, 5) is 15.4. The van der Waals surface area contributed by atoms with Crippen molar-refractivity contribution in [1.82, 2.24) is 4.90 Å². The first kappa shape index (κ1) is 18.7. The van der Waals surface area contributed by atoms with Gasteiger partial charge >= 0.3 is 5.97 Å².